The lowest BCUT2D eigenvalue weighted by molar-refractivity contribution is -0.127. The molecule has 6 atom stereocenters. The fourth-order valence-electron chi connectivity index (χ4n) is 5.23. The number of carbonyl (C=O) groups is 1. The highest BCUT2D eigenvalue weighted by Crippen LogP contribution is 2.62. The summed E-state index contributed by atoms with van der Waals surface area (Å²) in [6, 6.07) is 0. The minimum atomic E-state index is 0.464. The van der Waals surface area contributed by atoms with Crippen LogP contribution in [0.5, 0.6) is 0 Å². The Morgan fingerprint density at radius 3 is 3.00 bits per heavy atom. The molecule has 4 rings (SSSR count). The van der Waals surface area contributed by atoms with Crippen molar-refractivity contribution in [2.75, 3.05) is 0 Å². The van der Waals surface area contributed by atoms with Crippen molar-refractivity contribution in [2.24, 2.45) is 35.5 Å². The third-order valence-corrected chi connectivity index (χ3v) is 5.62. The van der Waals surface area contributed by atoms with Crippen LogP contribution in [0.1, 0.15) is 32.1 Å². The Morgan fingerprint density at radius 2 is 2.07 bits per heavy atom. The molecule has 0 aliphatic heterocycles. The second-order valence-electron chi connectivity index (χ2n) is 6.09. The second-order valence-corrected chi connectivity index (χ2v) is 6.09. The largest absolute Gasteiger partial charge is 0.299 e. The predicted octanol–water partition coefficient (Wildman–Crippen LogP) is 2.81. The van der Waals surface area contributed by atoms with E-state index in [0.29, 0.717) is 11.7 Å². The van der Waals surface area contributed by atoms with Gasteiger partial charge in [-0.25, -0.2) is 0 Å². The number of hydrogen-bond donors (Lipinski definition) is 0. The van der Waals surface area contributed by atoms with Crippen LogP contribution in [0.25, 0.3) is 0 Å². The van der Waals surface area contributed by atoms with Gasteiger partial charge in [-0.3, -0.25) is 4.79 Å². The summed E-state index contributed by atoms with van der Waals surface area (Å²) < 4.78 is 0. The molecule has 1 heteroatoms. The summed E-state index contributed by atoms with van der Waals surface area (Å²) in [5, 5.41) is 0. The normalized spacial score (nSPS) is 55.9. The predicted molar refractivity (Wildman–Crippen MR) is 58.2 cm³/mol. The van der Waals surface area contributed by atoms with Gasteiger partial charge in [-0.1, -0.05) is 12.2 Å². The Balaban J connectivity index is 1.79. The van der Waals surface area contributed by atoms with E-state index in [9.17, 15) is 4.79 Å². The molecule has 15 heavy (non-hydrogen) atoms. The van der Waals surface area contributed by atoms with Crippen LogP contribution in [0, 0.1) is 35.5 Å². The highest BCUT2D eigenvalue weighted by Gasteiger charge is 2.57. The van der Waals surface area contributed by atoms with Crippen molar-refractivity contribution in [1.29, 1.82) is 0 Å². The summed E-state index contributed by atoms with van der Waals surface area (Å²) in [5.74, 6) is 5.37. The first-order valence-corrected chi connectivity index (χ1v) is 6.54. The lowest BCUT2D eigenvalue weighted by Crippen LogP contribution is -2.30. The van der Waals surface area contributed by atoms with Crippen molar-refractivity contribution >= 4 is 5.78 Å². The number of Topliss-reactive ketones (excluding diaryl/α,β-unsaturated/α-hetero) is 1. The van der Waals surface area contributed by atoms with Gasteiger partial charge in [0.1, 0.15) is 5.78 Å². The SMILES string of the molecule is O=C1CCC2CC3CC=CC4CC1C2C43. The Hall–Kier alpha value is -0.590. The molecule has 0 N–H and O–H groups in total. The molecule has 0 spiro atoms. The van der Waals surface area contributed by atoms with E-state index < -0.39 is 0 Å². The first-order valence-electron chi connectivity index (χ1n) is 6.54. The molecule has 0 aromatic carbocycles. The quantitative estimate of drug-likeness (QED) is 0.552. The standard InChI is InChI=1S/C14H18O/c15-12-5-4-10-6-8-2-1-3-9-7-11(12)14(10)13(8)9/h1,3,8-11,13-14H,2,4-7H2. The van der Waals surface area contributed by atoms with Crippen LogP contribution < -0.4 is 0 Å². The van der Waals surface area contributed by atoms with Gasteiger partial charge in [0.2, 0.25) is 0 Å². The minimum absolute atomic E-state index is 0.464. The lowest BCUT2D eigenvalue weighted by atomic mass is 9.74. The topological polar surface area (TPSA) is 17.1 Å². The van der Waals surface area contributed by atoms with Crippen molar-refractivity contribution in [3.05, 3.63) is 12.2 Å². The van der Waals surface area contributed by atoms with Gasteiger partial charge in [-0.2, -0.15) is 0 Å². The van der Waals surface area contributed by atoms with Crippen LogP contribution >= 0.6 is 0 Å². The lowest BCUT2D eigenvalue weighted by Gasteiger charge is -2.30. The zero-order chi connectivity index (χ0) is 9.99. The molecule has 1 nitrogen and oxygen atoms in total. The van der Waals surface area contributed by atoms with Crippen molar-refractivity contribution in [3.8, 4) is 0 Å². The molecule has 3 fully saturated rings. The van der Waals surface area contributed by atoms with Gasteiger partial charge in [0.05, 0.1) is 0 Å². The van der Waals surface area contributed by atoms with Gasteiger partial charge in [0.15, 0.2) is 0 Å². The molecule has 6 unspecified atom stereocenters. The first kappa shape index (κ1) is 8.55. The molecule has 3 saturated carbocycles. The Kier molecular flexibility index (Phi) is 1.57. The first-order chi connectivity index (χ1) is 7.34. The van der Waals surface area contributed by atoms with E-state index in [0.717, 1.165) is 36.0 Å². The summed E-state index contributed by atoms with van der Waals surface area (Å²) in [5.41, 5.74) is 0. The second kappa shape index (κ2) is 2.75. The molecule has 0 aromatic heterocycles. The van der Waals surface area contributed by atoms with E-state index in [-0.39, 0.29) is 0 Å². The van der Waals surface area contributed by atoms with Gasteiger partial charge in [0.25, 0.3) is 0 Å². The van der Waals surface area contributed by atoms with Crippen molar-refractivity contribution in [3.63, 3.8) is 0 Å². The summed E-state index contributed by atoms with van der Waals surface area (Å²) in [6.45, 7) is 0. The maximum atomic E-state index is 12.0. The van der Waals surface area contributed by atoms with E-state index in [4.69, 9.17) is 0 Å². The number of ketones is 1. The third kappa shape index (κ3) is 0.971. The highest BCUT2D eigenvalue weighted by molar-refractivity contribution is 5.82. The zero-order valence-electron chi connectivity index (χ0n) is 9.06. The minimum Gasteiger partial charge on any atom is -0.299 e. The molecule has 0 radical (unpaired) electrons. The van der Waals surface area contributed by atoms with Gasteiger partial charge < -0.3 is 0 Å². The monoisotopic (exact) mass is 202 g/mol. The molecule has 0 amide bonds. The summed E-state index contributed by atoms with van der Waals surface area (Å²) in [7, 11) is 0. The van der Waals surface area contributed by atoms with Crippen molar-refractivity contribution in [2.45, 2.75) is 32.1 Å². The fourth-order valence-corrected chi connectivity index (χ4v) is 5.23. The molecule has 80 valence electrons. The Morgan fingerprint density at radius 1 is 1.13 bits per heavy atom. The van der Waals surface area contributed by atoms with Crippen LogP contribution in [0.15, 0.2) is 12.2 Å². The number of carbonyl (C=O) groups excluding carboxylic acids is 1. The highest BCUT2D eigenvalue weighted by atomic mass is 16.1. The Labute approximate surface area is 90.9 Å². The average Bonchev–Trinajstić information content (AvgIpc) is 2.79. The average molecular weight is 202 g/mol. The van der Waals surface area contributed by atoms with Gasteiger partial charge >= 0.3 is 0 Å². The molecule has 0 saturated heterocycles. The van der Waals surface area contributed by atoms with Crippen molar-refractivity contribution in [1.82, 2.24) is 0 Å². The number of rotatable bonds is 0. The number of hydrogen-bond acceptors (Lipinski definition) is 1. The summed E-state index contributed by atoms with van der Waals surface area (Å²) in [6.07, 6.45) is 10.8. The van der Waals surface area contributed by atoms with E-state index in [1.165, 1.54) is 25.7 Å². The number of allylic oxidation sites excluding steroid dienone is 2. The molecule has 0 bridgehead atoms. The maximum absolute atomic E-state index is 12.0. The smallest absolute Gasteiger partial charge is 0.136 e. The van der Waals surface area contributed by atoms with Crippen LogP contribution in [0.4, 0.5) is 0 Å². The molecule has 4 aliphatic rings. The van der Waals surface area contributed by atoms with E-state index in [2.05, 4.69) is 12.2 Å². The van der Waals surface area contributed by atoms with Gasteiger partial charge in [-0.15, -0.1) is 0 Å². The van der Waals surface area contributed by atoms with Crippen LogP contribution in [-0.4, -0.2) is 5.78 Å². The molecule has 0 heterocycles. The maximum Gasteiger partial charge on any atom is 0.136 e. The molecular weight excluding hydrogens is 184 g/mol. The summed E-state index contributed by atoms with van der Waals surface area (Å²) >= 11 is 0. The van der Waals surface area contributed by atoms with Crippen LogP contribution in [0.3, 0.4) is 0 Å². The van der Waals surface area contributed by atoms with E-state index in [1.807, 2.05) is 0 Å². The third-order valence-electron chi connectivity index (χ3n) is 5.62. The Bertz CT molecular complexity index is 343. The van der Waals surface area contributed by atoms with E-state index >= 15 is 0 Å². The fraction of sp³-hybridized carbons (Fsp3) is 0.786. The molecule has 4 aliphatic carbocycles. The van der Waals surface area contributed by atoms with Crippen molar-refractivity contribution < 1.29 is 4.79 Å². The summed E-state index contributed by atoms with van der Waals surface area (Å²) in [4.78, 5) is 12.0. The van der Waals surface area contributed by atoms with Gasteiger partial charge in [-0.05, 0) is 55.3 Å². The van der Waals surface area contributed by atoms with E-state index in [1.54, 1.807) is 0 Å². The molecular formula is C14H18O. The van der Waals surface area contributed by atoms with Crippen LogP contribution in [0.2, 0.25) is 0 Å². The van der Waals surface area contributed by atoms with Gasteiger partial charge in [0, 0.05) is 12.3 Å². The zero-order valence-corrected chi connectivity index (χ0v) is 9.06. The van der Waals surface area contributed by atoms with Crippen LogP contribution in [-0.2, 0) is 4.79 Å². The molecule has 0 aromatic rings.